The molecule has 0 aromatic heterocycles. The number of nitrogens with one attached hydrogen (secondary N) is 2. The maximum Gasteiger partial charge on any atom is 0.191 e. The lowest BCUT2D eigenvalue weighted by Crippen LogP contribution is -2.56. The Hall–Kier alpha value is -1.86. The Bertz CT molecular complexity index is 560. The average molecular weight is 352 g/mol. The number of halogens is 1. The van der Waals surface area contributed by atoms with Gasteiger partial charge in [0.25, 0.3) is 0 Å². The van der Waals surface area contributed by atoms with Crippen molar-refractivity contribution in [2.24, 2.45) is 4.99 Å². The van der Waals surface area contributed by atoms with E-state index in [1.807, 2.05) is 0 Å². The van der Waals surface area contributed by atoms with E-state index >= 15 is 0 Å². The Morgan fingerprint density at radius 2 is 2.08 bits per heavy atom. The first-order chi connectivity index (χ1) is 12.0. The molecule has 6 nitrogen and oxygen atoms in total. The van der Waals surface area contributed by atoms with Crippen molar-refractivity contribution in [3.8, 4) is 5.75 Å². The molecular formula is C18H29FN4O2. The minimum absolute atomic E-state index is 0.0134. The molecule has 2 rings (SSSR count). The highest BCUT2D eigenvalue weighted by atomic mass is 19.1. The van der Waals surface area contributed by atoms with Gasteiger partial charge in [-0.3, -0.25) is 9.89 Å². The van der Waals surface area contributed by atoms with Gasteiger partial charge in [0, 0.05) is 38.3 Å². The average Bonchev–Trinajstić information content (AvgIpc) is 2.62. The van der Waals surface area contributed by atoms with Crippen LogP contribution in [0, 0.1) is 5.82 Å². The molecule has 1 aliphatic heterocycles. The molecule has 1 aromatic carbocycles. The molecule has 0 bridgehead atoms. The highest BCUT2D eigenvalue weighted by Crippen LogP contribution is 2.15. The number of rotatable bonds is 7. The van der Waals surface area contributed by atoms with E-state index in [0.717, 1.165) is 38.8 Å². The van der Waals surface area contributed by atoms with Crippen molar-refractivity contribution in [3.05, 3.63) is 30.1 Å². The largest absolute Gasteiger partial charge is 0.492 e. The number of nitrogens with zero attached hydrogens (tertiary/aromatic N) is 2. The number of aliphatic imine (C=N–C) groups is 1. The first-order valence-electron chi connectivity index (χ1n) is 8.67. The molecule has 0 aliphatic carbocycles. The molecule has 7 heteroatoms. The van der Waals surface area contributed by atoms with E-state index in [1.165, 1.54) is 12.1 Å². The molecule has 2 N–H and O–H groups in total. The Labute approximate surface area is 149 Å². The van der Waals surface area contributed by atoms with Crippen LogP contribution in [0.5, 0.6) is 5.75 Å². The van der Waals surface area contributed by atoms with E-state index in [2.05, 4.69) is 34.4 Å². The molecule has 1 aromatic rings. The van der Waals surface area contributed by atoms with Crippen molar-refractivity contribution in [3.63, 3.8) is 0 Å². The summed E-state index contributed by atoms with van der Waals surface area (Å²) in [4.78, 5) is 6.65. The van der Waals surface area contributed by atoms with Crippen molar-refractivity contribution in [1.82, 2.24) is 15.5 Å². The predicted octanol–water partition coefficient (Wildman–Crippen LogP) is 1.48. The van der Waals surface area contributed by atoms with Crippen LogP contribution in [0.25, 0.3) is 0 Å². The Morgan fingerprint density at radius 3 is 2.76 bits per heavy atom. The van der Waals surface area contributed by atoms with E-state index in [9.17, 15) is 4.39 Å². The van der Waals surface area contributed by atoms with Crippen molar-refractivity contribution < 1.29 is 13.9 Å². The van der Waals surface area contributed by atoms with E-state index in [1.54, 1.807) is 19.2 Å². The number of guanidine groups is 1. The third kappa shape index (κ3) is 6.51. The van der Waals surface area contributed by atoms with Gasteiger partial charge in [0.1, 0.15) is 18.2 Å². The van der Waals surface area contributed by atoms with Crippen LogP contribution < -0.4 is 15.4 Å². The smallest absolute Gasteiger partial charge is 0.191 e. The van der Waals surface area contributed by atoms with Crippen molar-refractivity contribution >= 4 is 5.96 Å². The Kier molecular flexibility index (Phi) is 7.46. The molecule has 0 spiro atoms. The molecule has 1 saturated heterocycles. The number of hydrogen-bond donors (Lipinski definition) is 2. The van der Waals surface area contributed by atoms with Gasteiger partial charge in [0.05, 0.1) is 19.8 Å². The van der Waals surface area contributed by atoms with Crippen LogP contribution in [0.1, 0.15) is 13.8 Å². The zero-order valence-electron chi connectivity index (χ0n) is 15.3. The minimum atomic E-state index is -0.298. The van der Waals surface area contributed by atoms with E-state index in [-0.39, 0.29) is 11.4 Å². The zero-order valence-corrected chi connectivity index (χ0v) is 15.3. The lowest BCUT2D eigenvalue weighted by atomic mass is 10.0. The molecule has 0 saturated carbocycles. The topological polar surface area (TPSA) is 58.1 Å². The second-order valence-corrected chi connectivity index (χ2v) is 6.57. The maximum atomic E-state index is 13.1. The predicted molar refractivity (Wildman–Crippen MR) is 97.7 cm³/mol. The van der Waals surface area contributed by atoms with Crippen molar-refractivity contribution in [2.75, 3.05) is 53.0 Å². The zero-order chi connectivity index (χ0) is 18.1. The second-order valence-electron chi connectivity index (χ2n) is 6.57. The Balaban J connectivity index is 1.69. The molecule has 1 heterocycles. The lowest BCUT2D eigenvalue weighted by molar-refractivity contribution is -0.00834. The first kappa shape index (κ1) is 19.5. The summed E-state index contributed by atoms with van der Waals surface area (Å²) in [6.07, 6.45) is 0. The van der Waals surface area contributed by atoms with Crippen molar-refractivity contribution in [1.29, 1.82) is 0 Å². The highest BCUT2D eigenvalue weighted by molar-refractivity contribution is 5.79. The minimum Gasteiger partial charge on any atom is -0.492 e. The SMILES string of the molecule is CN=C(NCCOc1cccc(F)c1)NCC(C)(C)N1CCOCC1. The van der Waals surface area contributed by atoms with E-state index in [4.69, 9.17) is 9.47 Å². The molecule has 0 atom stereocenters. The fourth-order valence-corrected chi connectivity index (χ4v) is 2.70. The van der Waals surface area contributed by atoms with Gasteiger partial charge in [-0.1, -0.05) is 6.07 Å². The Morgan fingerprint density at radius 1 is 1.32 bits per heavy atom. The van der Waals surface area contributed by atoms with Gasteiger partial charge in [-0.05, 0) is 26.0 Å². The summed E-state index contributed by atoms with van der Waals surface area (Å²) in [6.45, 7) is 9.67. The van der Waals surface area contributed by atoms with Gasteiger partial charge in [-0.25, -0.2) is 4.39 Å². The third-order valence-corrected chi connectivity index (χ3v) is 4.24. The molecule has 1 aliphatic rings. The number of ether oxygens (including phenoxy) is 2. The van der Waals surface area contributed by atoms with Gasteiger partial charge in [-0.15, -0.1) is 0 Å². The fourth-order valence-electron chi connectivity index (χ4n) is 2.70. The van der Waals surface area contributed by atoms with Crippen LogP contribution in [0.4, 0.5) is 4.39 Å². The third-order valence-electron chi connectivity index (χ3n) is 4.24. The first-order valence-corrected chi connectivity index (χ1v) is 8.67. The van der Waals surface area contributed by atoms with Gasteiger partial charge in [0.15, 0.2) is 5.96 Å². The molecule has 0 amide bonds. The summed E-state index contributed by atoms with van der Waals surface area (Å²) < 4.78 is 24.0. The summed E-state index contributed by atoms with van der Waals surface area (Å²) in [6, 6.07) is 6.14. The number of hydrogen-bond acceptors (Lipinski definition) is 4. The normalized spacial score (nSPS) is 16.6. The highest BCUT2D eigenvalue weighted by Gasteiger charge is 2.28. The monoisotopic (exact) mass is 352 g/mol. The van der Waals surface area contributed by atoms with Gasteiger partial charge < -0.3 is 20.1 Å². The van der Waals surface area contributed by atoms with Crippen LogP contribution in [-0.4, -0.2) is 69.4 Å². The number of morpholine rings is 1. The molecule has 1 fully saturated rings. The quantitative estimate of drug-likeness (QED) is 0.442. The van der Waals surface area contributed by atoms with Crippen LogP contribution in [0.3, 0.4) is 0 Å². The van der Waals surface area contributed by atoms with Gasteiger partial charge >= 0.3 is 0 Å². The standard InChI is InChI=1S/C18H29FN4O2/c1-18(2,23-8-11-24-12-9-23)14-22-17(20-3)21-7-10-25-16-6-4-5-15(19)13-16/h4-6,13H,7-12,14H2,1-3H3,(H2,20,21,22). The molecule has 140 valence electrons. The molecule has 0 unspecified atom stereocenters. The number of benzene rings is 1. The second kappa shape index (κ2) is 9.58. The summed E-state index contributed by atoms with van der Waals surface area (Å²) in [5, 5.41) is 6.56. The molecule has 25 heavy (non-hydrogen) atoms. The van der Waals surface area contributed by atoms with E-state index in [0.29, 0.717) is 18.9 Å². The van der Waals surface area contributed by atoms with Crippen LogP contribution in [-0.2, 0) is 4.74 Å². The molecule has 0 radical (unpaired) electrons. The molecular weight excluding hydrogens is 323 g/mol. The summed E-state index contributed by atoms with van der Waals surface area (Å²) >= 11 is 0. The fraction of sp³-hybridized carbons (Fsp3) is 0.611. The van der Waals surface area contributed by atoms with Crippen LogP contribution >= 0.6 is 0 Å². The van der Waals surface area contributed by atoms with Crippen LogP contribution in [0.15, 0.2) is 29.3 Å². The van der Waals surface area contributed by atoms with E-state index < -0.39 is 0 Å². The lowest BCUT2D eigenvalue weighted by Gasteiger charge is -2.41. The maximum absolute atomic E-state index is 13.1. The summed E-state index contributed by atoms with van der Waals surface area (Å²) in [7, 11) is 1.74. The summed E-state index contributed by atoms with van der Waals surface area (Å²) in [5.41, 5.74) is 0.0134. The van der Waals surface area contributed by atoms with Gasteiger partial charge in [0.2, 0.25) is 0 Å². The van der Waals surface area contributed by atoms with Gasteiger partial charge in [-0.2, -0.15) is 0 Å². The summed E-state index contributed by atoms with van der Waals surface area (Å²) in [5.74, 6) is 0.954. The van der Waals surface area contributed by atoms with Crippen molar-refractivity contribution in [2.45, 2.75) is 19.4 Å². The van der Waals surface area contributed by atoms with Crippen LogP contribution in [0.2, 0.25) is 0 Å².